The number of carboxylic acid groups (broad SMARTS) is 1. The summed E-state index contributed by atoms with van der Waals surface area (Å²) in [5.74, 6) is -1.47. The van der Waals surface area contributed by atoms with Crippen LogP contribution in [-0.2, 0) is 16.0 Å². The molecule has 0 fully saturated rings. The van der Waals surface area contributed by atoms with E-state index in [1.807, 2.05) is 30.3 Å². The van der Waals surface area contributed by atoms with E-state index in [9.17, 15) is 9.59 Å². The number of hydrogen-bond acceptors (Lipinski definition) is 2. The van der Waals surface area contributed by atoms with Gasteiger partial charge < -0.3 is 10.0 Å². The zero-order valence-corrected chi connectivity index (χ0v) is 11.0. The molecular formula is C14H19NO3. The fourth-order valence-corrected chi connectivity index (χ4v) is 1.61. The monoisotopic (exact) mass is 249 g/mol. The largest absolute Gasteiger partial charge is 0.480 e. The molecule has 0 unspecified atom stereocenters. The molecule has 1 aromatic carbocycles. The standard InChI is InChI=1S/C14H19NO3/c1-14(2,13(17)18)12(16)15(3)10-9-11-7-5-4-6-8-11/h4-8H,9-10H2,1-3H3,(H,17,18). The molecule has 18 heavy (non-hydrogen) atoms. The summed E-state index contributed by atoms with van der Waals surface area (Å²) < 4.78 is 0. The molecule has 0 saturated carbocycles. The number of carboxylic acids is 1. The first kappa shape index (κ1) is 14.2. The van der Waals surface area contributed by atoms with Crippen LogP contribution in [0.3, 0.4) is 0 Å². The van der Waals surface area contributed by atoms with Crippen molar-refractivity contribution in [1.82, 2.24) is 4.90 Å². The van der Waals surface area contributed by atoms with E-state index in [1.165, 1.54) is 18.7 Å². The topological polar surface area (TPSA) is 57.6 Å². The van der Waals surface area contributed by atoms with Crippen LogP contribution in [0.1, 0.15) is 19.4 Å². The number of hydrogen-bond donors (Lipinski definition) is 1. The first-order valence-electron chi connectivity index (χ1n) is 5.88. The van der Waals surface area contributed by atoms with Gasteiger partial charge in [-0.2, -0.15) is 0 Å². The van der Waals surface area contributed by atoms with Crippen molar-refractivity contribution < 1.29 is 14.7 Å². The summed E-state index contributed by atoms with van der Waals surface area (Å²) in [6.45, 7) is 3.37. The Morgan fingerprint density at radius 2 is 1.78 bits per heavy atom. The Kier molecular flexibility index (Phi) is 4.48. The van der Waals surface area contributed by atoms with Gasteiger partial charge in [-0.3, -0.25) is 9.59 Å². The van der Waals surface area contributed by atoms with Gasteiger partial charge in [-0.1, -0.05) is 30.3 Å². The Morgan fingerprint density at radius 3 is 2.28 bits per heavy atom. The predicted molar refractivity (Wildman–Crippen MR) is 69.2 cm³/mol. The maximum Gasteiger partial charge on any atom is 0.318 e. The zero-order chi connectivity index (χ0) is 13.8. The molecule has 1 aromatic rings. The highest BCUT2D eigenvalue weighted by Crippen LogP contribution is 2.18. The molecule has 1 N–H and O–H groups in total. The first-order valence-corrected chi connectivity index (χ1v) is 5.88. The molecule has 0 atom stereocenters. The quantitative estimate of drug-likeness (QED) is 0.809. The van der Waals surface area contributed by atoms with Gasteiger partial charge in [0.25, 0.3) is 0 Å². The van der Waals surface area contributed by atoms with Gasteiger partial charge in [0.1, 0.15) is 5.41 Å². The van der Waals surface area contributed by atoms with Gasteiger partial charge in [0.2, 0.25) is 5.91 Å². The van der Waals surface area contributed by atoms with Crippen LogP contribution in [0.15, 0.2) is 30.3 Å². The van der Waals surface area contributed by atoms with E-state index in [2.05, 4.69) is 0 Å². The van der Waals surface area contributed by atoms with E-state index in [0.717, 1.165) is 12.0 Å². The molecule has 0 bridgehead atoms. The third-order valence-corrected chi connectivity index (χ3v) is 2.99. The Bertz CT molecular complexity index is 426. The number of benzene rings is 1. The molecule has 0 aliphatic heterocycles. The highest BCUT2D eigenvalue weighted by Gasteiger charge is 2.37. The zero-order valence-electron chi connectivity index (χ0n) is 11.0. The Morgan fingerprint density at radius 1 is 1.22 bits per heavy atom. The van der Waals surface area contributed by atoms with Crippen LogP contribution in [0, 0.1) is 5.41 Å². The molecule has 0 aromatic heterocycles. The molecule has 98 valence electrons. The molecule has 1 rings (SSSR count). The number of amides is 1. The van der Waals surface area contributed by atoms with Gasteiger partial charge >= 0.3 is 5.97 Å². The van der Waals surface area contributed by atoms with Crippen LogP contribution in [0.4, 0.5) is 0 Å². The van der Waals surface area contributed by atoms with Crippen molar-refractivity contribution in [3.8, 4) is 0 Å². The number of carbonyl (C=O) groups is 2. The number of carbonyl (C=O) groups excluding carboxylic acids is 1. The lowest BCUT2D eigenvalue weighted by atomic mass is 9.92. The van der Waals surface area contributed by atoms with E-state index >= 15 is 0 Å². The second kappa shape index (κ2) is 5.67. The lowest BCUT2D eigenvalue weighted by Gasteiger charge is -2.25. The fourth-order valence-electron chi connectivity index (χ4n) is 1.61. The van der Waals surface area contributed by atoms with Crippen LogP contribution in [0.2, 0.25) is 0 Å². The smallest absolute Gasteiger partial charge is 0.318 e. The predicted octanol–water partition coefficient (Wildman–Crippen LogP) is 1.80. The van der Waals surface area contributed by atoms with Crippen molar-refractivity contribution in [1.29, 1.82) is 0 Å². The van der Waals surface area contributed by atoms with Crippen LogP contribution < -0.4 is 0 Å². The number of nitrogens with zero attached hydrogens (tertiary/aromatic N) is 1. The molecule has 0 saturated heterocycles. The lowest BCUT2D eigenvalue weighted by molar-refractivity contribution is -0.157. The minimum Gasteiger partial charge on any atom is -0.480 e. The summed E-state index contributed by atoms with van der Waals surface area (Å²) in [4.78, 5) is 24.4. The van der Waals surface area contributed by atoms with E-state index in [-0.39, 0.29) is 5.91 Å². The van der Waals surface area contributed by atoms with Crippen LogP contribution in [-0.4, -0.2) is 35.5 Å². The van der Waals surface area contributed by atoms with E-state index in [1.54, 1.807) is 7.05 Å². The average Bonchev–Trinajstić information content (AvgIpc) is 2.36. The SMILES string of the molecule is CN(CCc1ccccc1)C(=O)C(C)(C)C(=O)O. The molecule has 0 heterocycles. The molecule has 0 aliphatic carbocycles. The third-order valence-electron chi connectivity index (χ3n) is 2.99. The van der Waals surface area contributed by atoms with Gasteiger partial charge in [-0.25, -0.2) is 0 Å². The van der Waals surface area contributed by atoms with Crippen LogP contribution >= 0.6 is 0 Å². The summed E-state index contributed by atoms with van der Waals surface area (Å²) in [5.41, 5.74) is -0.240. The summed E-state index contributed by atoms with van der Waals surface area (Å²) in [7, 11) is 1.63. The van der Waals surface area contributed by atoms with Crippen molar-refractivity contribution >= 4 is 11.9 Å². The number of likely N-dealkylation sites (N-methyl/N-ethyl adjacent to an activating group) is 1. The maximum atomic E-state index is 12.0. The Hall–Kier alpha value is -1.84. The average molecular weight is 249 g/mol. The van der Waals surface area contributed by atoms with Crippen molar-refractivity contribution in [3.63, 3.8) is 0 Å². The molecule has 0 spiro atoms. The highest BCUT2D eigenvalue weighted by molar-refractivity contribution is 6.00. The summed E-state index contributed by atoms with van der Waals surface area (Å²) in [6, 6.07) is 9.80. The summed E-state index contributed by atoms with van der Waals surface area (Å²) in [6.07, 6.45) is 0.721. The maximum absolute atomic E-state index is 12.0. The second-order valence-corrected chi connectivity index (χ2v) is 4.89. The normalized spacial score (nSPS) is 11.1. The van der Waals surface area contributed by atoms with Gasteiger partial charge in [-0.15, -0.1) is 0 Å². The molecular weight excluding hydrogens is 230 g/mol. The Labute approximate surface area is 107 Å². The number of aliphatic carboxylic acids is 1. The van der Waals surface area contributed by atoms with Crippen LogP contribution in [0.25, 0.3) is 0 Å². The molecule has 1 amide bonds. The van der Waals surface area contributed by atoms with E-state index in [0.29, 0.717) is 6.54 Å². The van der Waals surface area contributed by atoms with Gasteiger partial charge in [-0.05, 0) is 25.8 Å². The third kappa shape index (κ3) is 3.32. The highest BCUT2D eigenvalue weighted by atomic mass is 16.4. The minimum absolute atomic E-state index is 0.370. The fraction of sp³-hybridized carbons (Fsp3) is 0.429. The molecule has 4 heteroatoms. The van der Waals surface area contributed by atoms with Crippen molar-refractivity contribution in [2.45, 2.75) is 20.3 Å². The van der Waals surface area contributed by atoms with Crippen LogP contribution in [0.5, 0.6) is 0 Å². The molecule has 0 radical (unpaired) electrons. The first-order chi connectivity index (χ1) is 8.35. The minimum atomic E-state index is -1.37. The van der Waals surface area contributed by atoms with Gasteiger partial charge in [0.15, 0.2) is 0 Å². The van der Waals surface area contributed by atoms with E-state index in [4.69, 9.17) is 5.11 Å². The van der Waals surface area contributed by atoms with Gasteiger partial charge in [0.05, 0.1) is 0 Å². The lowest BCUT2D eigenvalue weighted by Crippen LogP contribution is -2.44. The molecule has 4 nitrogen and oxygen atoms in total. The second-order valence-electron chi connectivity index (χ2n) is 4.89. The van der Waals surface area contributed by atoms with Crippen molar-refractivity contribution in [3.05, 3.63) is 35.9 Å². The van der Waals surface area contributed by atoms with Gasteiger partial charge in [0, 0.05) is 13.6 Å². The number of rotatable bonds is 5. The summed E-state index contributed by atoms with van der Waals surface area (Å²) >= 11 is 0. The molecule has 0 aliphatic rings. The van der Waals surface area contributed by atoms with Crippen molar-refractivity contribution in [2.24, 2.45) is 5.41 Å². The summed E-state index contributed by atoms with van der Waals surface area (Å²) in [5, 5.41) is 9.00. The Balaban J connectivity index is 2.59. The van der Waals surface area contributed by atoms with Crippen molar-refractivity contribution in [2.75, 3.05) is 13.6 Å². The van der Waals surface area contributed by atoms with E-state index < -0.39 is 11.4 Å².